The molecule has 0 aliphatic heterocycles. The summed E-state index contributed by atoms with van der Waals surface area (Å²) in [4.78, 5) is 0.252. The van der Waals surface area contributed by atoms with Gasteiger partial charge in [0.15, 0.2) is 0 Å². The third-order valence-electron chi connectivity index (χ3n) is 2.15. The molecule has 2 nitrogen and oxygen atoms in total. The van der Waals surface area contributed by atoms with Gasteiger partial charge in [-0.2, -0.15) is 0 Å². The normalized spacial score (nSPS) is 12.6. The average molecular weight is 308 g/mol. The summed E-state index contributed by atoms with van der Waals surface area (Å²) in [7, 11) is -1.81. The fourth-order valence-corrected chi connectivity index (χ4v) is 3.92. The highest BCUT2D eigenvalue weighted by Crippen LogP contribution is 2.26. The third kappa shape index (κ3) is 2.88. The molecule has 0 amide bonds. The van der Waals surface area contributed by atoms with Crippen LogP contribution in [0.2, 0.25) is 4.34 Å². The minimum Gasteiger partial charge on any atom is -0.399 e. The summed E-state index contributed by atoms with van der Waals surface area (Å²) in [5, 5.41) is 0. The molecule has 0 saturated carbocycles. The van der Waals surface area contributed by atoms with E-state index in [1.807, 2.05) is 0 Å². The highest BCUT2D eigenvalue weighted by Gasteiger charge is 2.18. The van der Waals surface area contributed by atoms with E-state index in [4.69, 9.17) is 17.3 Å². The molecular weight excluding hydrogens is 300 g/mol. The molecule has 0 spiro atoms. The number of hydrogen-bond donors (Lipinski definition) is 1. The highest BCUT2D eigenvalue weighted by atomic mass is 35.5. The van der Waals surface area contributed by atoms with Gasteiger partial charge in [-0.05, 0) is 24.3 Å². The van der Waals surface area contributed by atoms with Crippen molar-refractivity contribution >= 4 is 39.4 Å². The van der Waals surface area contributed by atoms with E-state index in [2.05, 4.69) is 0 Å². The molecule has 7 heteroatoms. The summed E-state index contributed by atoms with van der Waals surface area (Å²) >= 11 is 6.96. The van der Waals surface area contributed by atoms with E-state index in [1.165, 1.54) is 11.3 Å². The number of benzene rings is 1. The average Bonchev–Trinajstić information content (AvgIpc) is 2.62. The van der Waals surface area contributed by atoms with Gasteiger partial charge < -0.3 is 5.73 Å². The van der Waals surface area contributed by atoms with E-state index in [9.17, 15) is 13.0 Å². The molecule has 0 aliphatic rings. The molecule has 1 aromatic carbocycles. The van der Waals surface area contributed by atoms with Crippen molar-refractivity contribution in [3.05, 3.63) is 45.1 Å². The van der Waals surface area contributed by atoms with Gasteiger partial charge in [-0.3, -0.25) is 4.21 Å². The SMILES string of the molecule is Nc1cc(F)c(S(=O)Cc2ccc(Cl)s2)c(F)c1. The van der Waals surface area contributed by atoms with E-state index in [0.717, 1.165) is 12.1 Å². The first-order valence-electron chi connectivity index (χ1n) is 4.84. The first kappa shape index (κ1) is 13.5. The number of nitrogens with two attached hydrogens (primary N) is 1. The Morgan fingerprint density at radius 2 is 1.89 bits per heavy atom. The molecule has 18 heavy (non-hydrogen) atoms. The molecular formula is C11H8ClF2NOS2. The van der Waals surface area contributed by atoms with Gasteiger partial charge in [0.1, 0.15) is 16.5 Å². The van der Waals surface area contributed by atoms with Gasteiger partial charge in [-0.25, -0.2) is 8.78 Å². The number of nitrogen functional groups attached to an aromatic ring is 1. The van der Waals surface area contributed by atoms with Gasteiger partial charge in [0.05, 0.1) is 20.9 Å². The molecule has 2 N–H and O–H groups in total. The zero-order valence-corrected chi connectivity index (χ0v) is 11.3. The lowest BCUT2D eigenvalue weighted by atomic mass is 10.3. The summed E-state index contributed by atoms with van der Waals surface area (Å²) in [5.74, 6) is -1.77. The number of rotatable bonds is 3. The first-order chi connectivity index (χ1) is 8.47. The van der Waals surface area contributed by atoms with Gasteiger partial charge in [-0.1, -0.05) is 11.6 Å². The predicted molar refractivity (Wildman–Crippen MR) is 70.2 cm³/mol. The molecule has 0 radical (unpaired) electrons. The Morgan fingerprint density at radius 3 is 2.39 bits per heavy atom. The smallest absolute Gasteiger partial charge is 0.144 e. The van der Waals surface area contributed by atoms with Gasteiger partial charge in [0.25, 0.3) is 0 Å². The van der Waals surface area contributed by atoms with Crippen molar-refractivity contribution in [2.45, 2.75) is 10.6 Å². The Hall–Kier alpha value is -0.980. The van der Waals surface area contributed by atoms with Gasteiger partial charge in [0, 0.05) is 10.6 Å². The summed E-state index contributed by atoms with van der Waals surface area (Å²) in [6.45, 7) is 0. The summed E-state index contributed by atoms with van der Waals surface area (Å²) in [5.41, 5.74) is 5.25. The highest BCUT2D eigenvalue weighted by molar-refractivity contribution is 7.84. The Morgan fingerprint density at radius 1 is 1.28 bits per heavy atom. The minimum absolute atomic E-state index is 0.0230. The van der Waals surface area contributed by atoms with Crippen molar-refractivity contribution in [3.8, 4) is 0 Å². The topological polar surface area (TPSA) is 43.1 Å². The van der Waals surface area contributed by atoms with E-state index in [-0.39, 0.29) is 11.4 Å². The molecule has 2 rings (SSSR count). The molecule has 0 aliphatic carbocycles. The Labute approximate surface area is 114 Å². The van der Waals surface area contributed by atoms with Crippen molar-refractivity contribution < 1.29 is 13.0 Å². The van der Waals surface area contributed by atoms with Crippen LogP contribution < -0.4 is 5.73 Å². The Bertz CT molecular complexity index is 592. The van der Waals surface area contributed by atoms with Crippen LogP contribution in [0.4, 0.5) is 14.5 Å². The number of halogens is 3. The minimum atomic E-state index is -1.81. The van der Waals surface area contributed by atoms with Crippen LogP contribution in [0.25, 0.3) is 0 Å². The van der Waals surface area contributed by atoms with Gasteiger partial charge >= 0.3 is 0 Å². The van der Waals surface area contributed by atoms with Crippen LogP contribution in [0.1, 0.15) is 4.88 Å². The maximum Gasteiger partial charge on any atom is 0.144 e. The summed E-state index contributed by atoms with van der Waals surface area (Å²) in [6, 6.07) is 5.24. The van der Waals surface area contributed by atoms with E-state index < -0.39 is 27.3 Å². The van der Waals surface area contributed by atoms with Gasteiger partial charge in [-0.15, -0.1) is 11.3 Å². The van der Waals surface area contributed by atoms with E-state index in [1.54, 1.807) is 12.1 Å². The quantitative estimate of drug-likeness (QED) is 0.881. The number of thiophene rings is 1. The zero-order valence-electron chi connectivity index (χ0n) is 8.95. The van der Waals surface area contributed by atoms with E-state index >= 15 is 0 Å². The maximum absolute atomic E-state index is 13.5. The van der Waals surface area contributed by atoms with Crippen LogP contribution in [0.15, 0.2) is 29.2 Å². The molecule has 0 bridgehead atoms. The van der Waals surface area contributed by atoms with Crippen LogP contribution in [-0.4, -0.2) is 4.21 Å². The maximum atomic E-state index is 13.5. The summed E-state index contributed by atoms with van der Waals surface area (Å²) in [6.07, 6.45) is 0. The number of anilines is 1. The van der Waals surface area contributed by atoms with Crippen LogP contribution in [0.5, 0.6) is 0 Å². The number of hydrogen-bond acceptors (Lipinski definition) is 3. The molecule has 1 aromatic heterocycles. The molecule has 0 fully saturated rings. The monoisotopic (exact) mass is 307 g/mol. The standard InChI is InChI=1S/C11H8ClF2NOS2/c12-10-2-1-7(17-10)5-18(16)11-8(13)3-6(15)4-9(11)14/h1-4H,5,15H2. The lowest BCUT2D eigenvalue weighted by Gasteiger charge is -2.05. The van der Waals surface area contributed by atoms with Crippen LogP contribution in [-0.2, 0) is 16.6 Å². The largest absolute Gasteiger partial charge is 0.399 e. The van der Waals surface area contributed by atoms with Gasteiger partial charge in [0.2, 0.25) is 0 Å². The van der Waals surface area contributed by atoms with Crippen LogP contribution in [0, 0.1) is 11.6 Å². The second-order valence-electron chi connectivity index (χ2n) is 3.51. The summed E-state index contributed by atoms with van der Waals surface area (Å²) < 4.78 is 39.5. The van der Waals surface area contributed by atoms with Crippen molar-refractivity contribution in [3.63, 3.8) is 0 Å². The Kier molecular flexibility index (Phi) is 3.99. The van der Waals surface area contributed by atoms with Crippen molar-refractivity contribution in [1.29, 1.82) is 0 Å². The second kappa shape index (κ2) is 5.34. The third-order valence-corrected chi connectivity index (χ3v) is 4.98. The zero-order chi connectivity index (χ0) is 13.3. The first-order valence-corrected chi connectivity index (χ1v) is 7.36. The van der Waals surface area contributed by atoms with Crippen molar-refractivity contribution in [1.82, 2.24) is 0 Å². The molecule has 1 atom stereocenters. The fraction of sp³-hybridized carbons (Fsp3) is 0.0909. The Balaban J connectivity index is 2.29. The van der Waals surface area contributed by atoms with E-state index in [0.29, 0.717) is 9.21 Å². The second-order valence-corrected chi connectivity index (χ2v) is 6.70. The molecule has 2 aromatic rings. The molecule has 1 heterocycles. The molecule has 1 unspecified atom stereocenters. The van der Waals surface area contributed by atoms with Crippen LogP contribution >= 0.6 is 22.9 Å². The molecule has 0 saturated heterocycles. The lowest BCUT2D eigenvalue weighted by Crippen LogP contribution is -2.03. The lowest BCUT2D eigenvalue weighted by molar-refractivity contribution is 0.535. The predicted octanol–water partition coefficient (Wildman–Crippen LogP) is 3.57. The van der Waals surface area contributed by atoms with Crippen molar-refractivity contribution in [2.75, 3.05) is 5.73 Å². The fourth-order valence-electron chi connectivity index (χ4n) is 1.43. The molecule has 96 valence electrons. The van der Waals surface area contributed by atoms with Crippen LogP contribution in [0.3, 0.4) is 0 Å². The van der Waals surface area contributed by atoms with Crippen molar-refractivity contribution in [2.24, 2.45) is 0 Å².